The van der Waals surface area contributed by atoms with Gasteiger partial charge in [-0.1, -0.05) is 0 Å². The largest absolute Gasteiger partial charge is 0.379 e. The molecule has 1 fully saturated rings. The molecule has 0 saturated carbocycles. The Balaban J connectivity index is 2.06. The van der Waals surface area contributed by atoms with Crippen molar-refractivity contribution >= 4 is 15.9 Å². The summed E-state index contributed by atoms with van der Waals surface area (Å²) in [5, 5.41) is 2.86. The van der Waals surface area contributed by atoms with Crippen LogP contribution in [0.1, 0.15) is 16.1 Å². The van der Waals surface area contributed by atoms with Crippen LogP contribution < -0.4 is 5.32 Å². The molecule has 1 aliphatic heterocycles. The summed E-state index contributed by atoms with van der Waals surface area (Å²) >= 11 is 0. The molecule has 122 valence electrons. The zero-order valence-corrected chi connectivity index (χ0v) is 13.8. The summed E-state index contributed by atoms with van der Waals surface area (Å²) < 4.78 is 30.5. The van der Waals surface area contributed by atoms with Crippen LogP contribution in [0.2, 0.25) is 0 Å². The molecule has 7 nitrogen and oxygen atoms in total. The molecular formula is C14H21N3O4S. The zero-order valence-electron chi connectivity index (χ0n) is 12.9. The quantitative estimate of drug-likeness (QED) is 0.824. The Kier molecular flexibility index (Phi) is 5.15. The van der Waals surface area contributed by atoms with Gasteiger partial charge in [-0.05, 0) is 19.1 Å². The van der Waals surface area contributed by atoms with Crippen LogP contribution in [0.3, 0.4) is 0 Å². The molecule has 22 heavy (non-hydrogen) atoms. The molecule has 0 aliphatic carbocycles. The number of sulfonamides is 1. The van der Waals surface area contributed by atoms with E-state index < -0.39 is 10.0 Å². The van der Waals surface area contributed by atoms with Gasteiger partial charge in [-0.3, -0.25) is 9.78 Å². The molecule has 1 aliphatic rings. The van der Waals surface area contributed by atoms with Crippen LogP contribution in [0, 0.1) is 12.8 Å². The first-order chi connectivity index (χ1) is 10.3. The van der Waals surface area contributed by atoms with Crippen LogP contribution in [0.25, 0.3) is 0 Å². The highest BCUT2D eigenvalue weighted by Gasteiger charge is 2.34. The van der Waals surface area contributed by atoms with Gasteiger partial charge in [-0.15, -0.1) is 0 Å². The molecule has 8 heteroatoms. The van der Waals surface area contributed by atoms with Crippen LogP contribution >= 0.6 is 0 Å². The number of carbonyl (C=O) groups excluding carboxylic acids is 1. The van der Waals surface area contributed by atoms with E-state index in [1.54, 1.807) is 25.3 Å². The number of nitrogens with zero attached hydrogens (tertiary/aromatic N) is 2. The predicted octanol–water partition coefficient (Wildman–Crippen LogP) is 0.0262. The predicted molar refractivity (Wildman–Crippen MR) is 82.0 cm³/mol. The lowest BCUT2D eigenvalue weighted by atomic mass is 10.1. The number of carbonyl (C=O) groups is 1. The number of nitrogens with one attached hydrogen (secondary N) is 1. The van der Waals surface area contributed by atoms with Gasteiger partial charge >= 0.3 is 0 Å². The monoisotopic (exact) mass is 327 g/mol. The molecule has 1 saturated heterocycles. The number of hydrogen-bond acceptors (Lipinski definition) is 5. The van der Waals surface area contributed by atoms with Crippen LogP contribution in [0.4, 0.5) is 0 Å². The van der Waals surface area contributed by atoms with E-state index in [4.69, 9.17) is 4.74 Å². The Morgan fingerprint density at radius 3 is 2.82 bits per heavy atom. The van der Waals surface area contributed by atoms with Crippen molar-refractivity contribution in [3.8, 4) is 0 Å². The summed E-state index contributed by atoms with van der Waals surface area (Å²) in [6.07, 6.45) is 1.62. The lowest BCUT2D eigenvalue weighted by Gasteiger charge is -2.21. The molecule has 2 atom stereocenters. The summed E-state index contributed by atoms with van der Waals surface area (Å²) in [5.41, 5.74) is 1.12. The maximum absolute atomic E-state index is 12.3. The molecular weight excluding hydrogens is 306 g/mol. The second kappa shape index (κ2) is 6.72. The van der Waals surface area contributed by atoms with E-state index in [1.165, 1.54) is 18.4 Å². The normalized spacial score (nSPS) is 22.0. The zero-order chi connectivity index (χ0) is 16.3. The van der Waals surface area contributed by atoms with Gasteiger partial charge in [0.05, 0.1) is 30.6 Å². The number of hydrogen-bond donors (Lipinski definition) is 1. The number of ether oxygens (including phenoxy) is 1. The molecule has 1 N–H and O–H groups in total. The minimum Gasteiger partial charge on any atom is -0.379 e. The molecule has 0 aromatic carbocycles. The van der Waals surface area contributed by atoms with Crippen molar-refractivity contribution in [3.63, 3.8) is 0 Å². The van der Waals surface area contributed by atoms with Crippen LogP contribution in [-0.4, -0.2) is 62.7 Å². The van der Waals surface area contributed by atoms with Crippen molar-refractivity contribution in [3.05, 3.63) is 29.6 Å². The Bertz CT molecular complexity index is 645. The SMILES string of the molecule is Cc1ncccc1C(=O)N[C@@H]1COC[C@H]1CS(=O)(=O)N(C)C. The first-order valence-corrected chi connectivity index (χ1v) is 8.62. The molecule has 1 aromatic heterocycles. The van der Waals surface area contributed by atoms with Crippen molar-refractivity contribution in [2.45, 2.75) is 13.0 Å². The highest BCUT2D eigenvalue weighted by Crippen LogP contribution is 2.18. The van der Waals surface area contributed by atoms with Crippen molar-refractivity contribution in [2.75, 3.05) is 33.1 Å². The maximum atomic E-state index is 12.3. The van der Waals surface area contributed by atoms with Gasteiger partial charge in [0.2, 0.25) is 10.0 Å². The average Bonchev–Trinajstić information content (AvgIpc) is 2.85. The third-order valence-corrected chi connectivity index (χ3v) is 5.71. The van der Waals surface area contributed by atoms with Gasteiger partial charge in [-0.2, -0.15) is 0 Å². The summed E-state index contributed by atoms with van der Waals surface area (Å²) in [6.45, 7) is 2.40. The molecule has 0 radical (unpaired) electrons. The number of aromatic nitrogens is 1. The van der Waals surface area contributed by atoms with E-state index in [0.29, 0.717) is 24.5 Å². The summed E-state index contributed by atoms with van der Waals surface area (Å²) in [7, 11) is -0.338. The number of rotatable bonds is 5. The average molecular weight is 327 g/mol. The van der Waals surface area contributed by atoms with E-state index in [-0.39, 0.29) is 23.6 Å². The number of amides is 1. The Hall–Kier alpha value is -1.51. The van der Waals surface area contributed by atoms with Crippen molar-refractivity contribution in [2.24, 2.45) is 5.92 Å². The van der Waals surface area contributed by atoms with E-state index >= 15 is 0 Å². The van der Waals surface area contributed by atoms with Crippen molar-refractivity contribution < 1.29 is 17.9 Å². The molecule has 0 unspecified atom stereocenters. The lowest BCUT2D eigenvalue weighted by molar-refractivity contribution is 0.0925. The highest BCUT2D eigenvalue weighted by atomic mass is 32.2. The maximum Gasteiger partial charge on any atom is 0.253 e. The fourth-order valence-corrected chi connectivity index (χ4v) is 3.48. The minimum absolute atomic E-state index is 0.0447. The Morgan fingerprint density at radius 2 is 2.18 bits per heavy atom. The van der Waals surface area contributed by atoms with Crippen LogP contribution in [0.5, 0.6) is 0 Å². The van der Waals surface area contributed by atoms with E-state index in [2.05, 4.69) is 10.3 Å². The van der Waals surface area contributed by atoms with Crippen molar-refractivity contribution in [1.29, 1.82) is 0 Å². The highest BCUT2D eigenvalue weighted by molar-refractivity contribution is 7.89. The molecule has 1 aromatic rings. The first kappa shape index (κ1) is 16.9. The lowest BCUT2D eigenvalue weighted by Crippen LogP contribution is -2.43. The molecule has 2 heterocycles. The summed E-state index contributed by atoms with van der Waals surface area (Å²) in [4.78, 5) is 16.4. The van der Waals surface area contributed by atoms with Gasteiger partial charge in [-0.25, -0.2) is 12.7 Å². The van der Waals surface area contributed by atoms with Gasteiger partial charge in [0.1, 0.15) is 0 Å². The number of aryl methyl sites for hydroxylation is 1. The van der Waals surface area contributed by atoms with Crippen molar-refractivity contribution in [1.82, 2.24) is 14.6 Å². The molecule has 0 spiro atoms. The Labute approximate surface area is 130 Å². The van der Waals surface area contributed by atoms with E-state index in [0.717, 1.165) is 0 Å². The summed E-state index contributed by atoms with van der Waals surface area (Å²) in [6, 6.07) is 3.07. The first-order valence-electron chi connectivity index (χ1n) is 7.01. The standard InChI is InChI=1S/C14H21N3O4S/c1-10-12(5-4-6-15-10)14(18)16-13-8-21-7-11(13)9-22(19,20)17(2)3/h4-6,11,13H,7-9H2,1-3H3,(H,16,18)/t11-,13+/m0/s1. The Morgan fingerprint density at radius 1 is 1.45 bits per heavy atom. The molecule has 2 rings (SSSR count). The van der Waals surface area contributed by atoms with Crippen LogP contribution in [0.15, 0.2) is 18.3 Å². The third kappa shape index (κ3) is 3.82. The third-order valence-electron chi connectivity index (χ3n) is 3.75. The molecule has 0 bridgehead atoms. The van der Waals surface area contributed by atoms with E-state index in [9.17, 15) is 13.2 Å². The van der Waals surface area contributed by atoms with Gasteiger partial charge in [0, 0.05) is 31.9 Å². The number of pyridine rings is 1. The van der Waals surface area contributed by atoms with Gasteiger partial charge < -0.3 is 10.1 Å². The molecule has 1 amide bonds. The smallest absolute Gasteiger partial charge is 0.253 e. The summed E-state index contributed by atoms with van der Waals surface area (Å²) in [5.74, 6) is -0.557. The fraction of sp³-hybridized carbons (Fsp3) is 0.571. The van der Waals surface area contributed by atoms with E-state index in [1.807, 2.05) is 0 Å². The van der Waals surface area contributed by atoms with Crippen LogP contribution in [-0.2, 0) is 14.8 Å². The van der Waals surface area contributed by atoms with Gasteiger partial charge in [0.25, 0.3) is 5.91 Å². The fourth-order valence-electron chi connectivity index (χ4n) is 2.31. The minimum atomic E-state index is -3.33. The topological polar surface area (TPSA) is 88.6 Å². The second-order valence-corrected chi connectivity index (χ2v) is 7.80. The second-order valence-electron chi connectivity index (χ2n) is 5.57. The van der Waals surface area contributed by atoms with Gasteiger partial charge in [0.15, 0.2) is 0 Å².